The van der Waals surface area contributed by atoms with E-state index >= 15 is 0 Å². The maximum atomic E-state index is 13.8. The molecule has 0 radical (unpaired) electrons. The average molecular weight is 250 g/mol. The van der Waals surface area contributed by atoms with Crippen LogP contribution in [0.5, 0.6) is 5.75 Å². The van der Waals surface area contributed by atoms with Crippen molar-refractivity contribution < 1.29 is 13.5 Å². The third-order valence-corrected chi connectivity index (χ3v) is 2.59. The molecular weight excluding hydrogens is 236 g/mol. The Morgan fingerprint density at radius 2 is 2.00 bits per heavy atom. The van der Waals surface area contributed by atoms with Crippen LogP contribution in [-0.4, -0.2) is 13.2 Å². The number of alkyl halides is 2. The fourth-order valence-electron chi connectivity index (χ4n) is 1.49. The average Bonchev–Trinajstić information content (AvgIpc) is 2.16. The molecule has 0 aliphatic rings. The largest absolute Gasteiger partial charge is 0.496 e. The van der Waals surface area contributed by atoms with E-state index in [1.807, 2.05) is 0 Å². The molecule has 0 aliphatic heterocycles. The van der Waals surface area contributed by atoms with E-state index in [1.54, 1.807) is 13.0 Å². The molecule has 0 aromatic heterocycles. The van der Waals surface area contributed by atoms with Crippen LogP contribution >= 0.6 is 11.6 Å². The molecule has 0 spiro atoms. The number of methoxy groups -OCH3 is 1. The first-order valence-corrected chi connectivity index (χ1v) is 5.16. The summed E-state index contributed by atoms with van der Waals surface area (Å²) in [6.07, 6.45) is 0. The number of nitrogens with two attached hydrogens (primary N) is 1. The number of halogens is 3. The molecule has 0 aliphatic carbocycles. The van der Waals surface area contributed by atoms with Crippen LogP contribution in [0.3, 0.4) is 0 Å². The monoisotopic (exact) mass is 249 g/mol. The molecular formula is C11H14ClF2NO. The number of aryl methyl sites for hydroxylation is 1. The van der Waals surface area contributed by atoms with Crippen molar-refractivity contribution in [2.75, 3.05) is 7.11 Å². The number of hydrogen-bond acceptors (Lipinski definition) is 2. The molecule has 1 aromatic rings. The van der Waals surface area contributed by atoms with Crippen molar-refractivity contribution in [2.24, 2.45) is 5.73 Å². The van der Waals surface area contributed by atoms with Gasteiger partial charge in [-0.05, 0) is 31.5 Å². The Hall–Kier alpha value is -0.870. The Morgan fingerprint density at radius 1 is 1.44 bits per heavy atom. The molecule has 0 saturated carbocycles. The predicted molar refractivity (Wildman–Crippen MR) is 60.3 cm³/mol. The molecule has 2 nitrogen and oxygen atoms in total. The first-order chi connectivity index (χ1) is 7.30. The Bertz CT molecular complexity index is 394. The van der Waals surface area contributed by atoms with Gasteiger partial charge in [0.05, 0.1) is 18.7 Å². The van der Waals surface area contributed by atoms with Crippen LogP contribution in [0.1, 0.15) is 18.1 Å². The number of benzene rings is 1. The molecule has 1 atom stereocenters. The minimum Gasteiger partial charge on any atom is -0.496 e. The highest BCUT2D eigenvalue weighted by Gasteiger charge is 2.39. The van der Waals surface area contributed by atoms with Gasteiger partial charge < -0.3 is 10.5 Å². The van der Waals surface area contributed by atoms with Crippen molar-refractivity contribution >= 4 is 11.6 Å². The van der Waals surface area contributed by atoms with Crippen molar-refractivity contribution in [1.82, 2.24) is 0 Å². The summed E-state index contributed by atoms with van der Waals surface area (Å²) in [6.45, 7) is 2.90. The standard InChI is InChI=1S/C11H14ClF2NO/c1-6-4-8(12)5-9(10(6)16-3)11(13,14)7(2)15/h4-5,7H,15H2,1-3H3. The van der Waals surface area contributed by atoms with Gasteiger partial charge in [-0.2, -0.15) is 8.78 Å². The van der Waals surface area contributed by atoms with Crippen LogP contribution in [0.2, 0.25) is 5.02 Å². The number of hydrogen-bond donors (Lipinski definition) is 1. The number of rotatable bonds is 3. The summed E-state index contributed by atoms with van der Waals surface area (Å²) in [5.41, 5.74) is 5.57. The molecule has 1 aromatic carbocycles. The lowest BCUT2D eigenvalue weighted by Crippen LogP contribution is -2.36. The van der Waals surface area contributed by atoms with Gasteiger partial charge in [-0.3, -0.25) is 0 Å². The summed E-state index contributed by atoms with van der Waals surface area (Å²) in [5, 5.41) is 0.244. The third-order valence-electron chi connectivity index (χ3n) is 2.37. The van der Waals surface area contributed by atoms with Crippen LogP contribution in [-0.2, 0) is 5.92 Å². The van der Waals surface area contributed by atoms with Crippen molar-refractivity contribution in [1.29, 1.82) is 0 Å². The second-order valence-electron chi connectivity index (χ2n) is 3.72. The van der Waals surface area contributed by atoms with Crippen molar-refractivity contribution in [3.63, 3.8) is 0 Å². The first kappa shape index (κ1) is 13.2. The lowest BCUT2D eigenvalue weighted by Gasteiger charge is -2.23. The summed E-state index contributed by atoms with van der Waals surface area (Å²) in [6, 6.07) is 1.46. The first-order valence-electron chi connectivity index (χ1n) is 4.78. The predicted octanol–water partition coefficient (Wildman–Crippen LogP) is 3.10. The summed E-state index contributed by atoms with van der Waals surface area (Å²) in [7, 11) is 1.34. The van der Waals surface area contributed by atoms with Crippen LogP contribution < -0.4 is 10.5 Å². The smallest absolute Gasteiger partial charge is 0.291 e. The van der Waals surface area contributed by atoms with Gasteiger partial charge in [-0.15, -0.1) is 0 Å². The van der Waals surface area contributed by atoms with Gasteiger partial charge in [0, 0.05) is 5.02 Å². The van der Waals surface area contributed by atoms with Crippen LogP contribution in [0, 0.1) is 6.92 Å². The molecule has 90 valence electrons. The Morgan fingerprint density at radius 3 is 2.44 bits per heavy atom. The maximum Gasteiger partial charge on any atom is 0.291 e. The van der Waals surface area contributed by atoms with E-state index in [0.29, 0.717) is 5.56 Å². The third kappa shape index (κ3) is 2.28. The molecule has 0 fully saturated rings. The molecule has 0 heterocycles. The second-order valence-corrected chi connectivity index (χ2v) is 4.15. The molecule has 2 N–H and O–H groups in total. The van der Waals surface area contributed by atoms with E-state index in [4.69, 9.17) is 22.1 Å². The molecule has 1 rings (SSSR count). The second kappa shape index (κ2) is 4.55. The molecule has 0 amide bonds. The Balaban J connectivity index is 3.42. The van der Waals surface area contributed by atoms with Gasteiger partial charge >= 0.3 is 0 Å². The minimum absolute atomic E-state index is 0.131. The molecule has 0 saturated heterocycles. The molecule has 16 heavy (non-hydrogen) atoms. The van der Waals surface area contributed by atoms with Crippen molar-refractivity contribution in [3.05, 3.63) is 28.3 Å². The Kier molecular flexibility index (Phi) is 3.76. The lowest BCUT2D eigenvalue weighted by molar-refractivity contribution is -0.0276. The molecule has 5 heteroatoms. The van der Waals surface area contributed by atoms with Gasteiger partial charge in [0.25, 0.3) is 5.92 Å². The highest BCUT2D eigenvalue weighted by molar-refractivity contribution is 6.30. The fourth-order valence-corrected chi connectivity index (χ4v) is 1.77. The highest BCUT2D eigenvalue weighted by Crippen LogP contribution is 2.40. The summed E-state index contributed by atoms with van der Waals surface area (Å²) in [5.74, 6) is -3.03. The van der Waals surface area contributed by atoms with Gasteiger partial charge in [0.15, 0.2) is 0 Å². The molecule has 1 unspecified atom stereocenters. The summed E-state index contributed by atoms with van der Waals surface area (Å²) < 4.78 is 32.6. The zero-order valence-electron chi connectivity index (χ0n) is 9.35. The summed E-state index contributed by atoms with van der Waals surface area (Å²) >= 11 is 5.76. The quantitative estimate of drug-likeness (QED) is 0.893. The van der Waals surface area contributed by atoms with Crippen molar-refractivity contribution in [2.45, 2.75) is 25.8 Å². The minimum atomic E-state index is -3.17. The van der Waals surface area contributed by atoms with E-state index in [0.717, 1.165) is 0 Å². The zero-order valence-corrected chi connectivity index (χ0v) is 10.1. The van der Waals surface area contributed by atoms with E-state index < -0.39 is 12.0 Å². The fraction of sp³-hybridized carbons (Fsp3) is 0.455. The highest BCUT2D eigenvalue weighted by atomic mass is 35.5. The molecule has 0 bridgehead atoms. The number of ether oxygens (including phenoxy) is 1. The van der Waals surface area contributed by atoms with E-state index in [2.05, 4.69) is 0 Å². The SMILES string of the molecule is COc1c(C)cc(Cl)cc1C(F)(F)C(C)N. The van der Waals surface area contributed by atoms with E-state index in [9.17, 15) is 8.78 Å². The van der Waals surface area contributed by atoms with E-state index in [1.165, 1.54) is 20.1 Å². The van der Waals surface area contributed by atoms with Crippen LogP contribution in [0.15, 0.2) is 12.1 Å². The van der Waals surface area contributed by atoms with Crippen LogP contribution in [0.4, 0.5) is 8.78 Å². The van der Waals surface area contributed by atoms with Crippen molar-refractivity contribution in [3.8, 4) is 5.75 Å². The maximum absolute atomic E-state index is 13.8. The normalized spacial score (nSPS) is 13.7. The Labute approximate surface area is 98.3 Å². The topological polar surface area (TPSA) is 35.2 Å². The summed E-state index contributed by atoms with van der Waals surface area (Å²) in [4.78, 5) is 0. The van der Waals surface area contributed by atoms with Gasteiger partial charge in [-0.1, -0.05) is 11.6 Å². The van der Waals surface area contributed by atoms with Gasteiger partial charge in [0.2, 0.25) is 0 Å². The van der Waals surface area contributed by atoms with Crippen LogP contribution in [0.25, 0.3) is 0 Å². The zero-order chi connectivity index (χ0) is 12.5. The van der Waals surface area contributed by atoms with Gasteiger partial charge in [-0.25, -0.2) is 0 Å². The lowest BCUT2D eigenvalue weighted by atomic mass is 9.99. The van der Waals surface area contributed by atoms with E-state index in [-0.39, 0.29) is 16.3 Å². The van der Waals surface area contributed by atoms with Gasteiger partial charge in [0.1, 0.15) is 5.75 Å².